The Morgan fingerprint density at radius 3 is 3.04 bits per heavy atom. The number of nitrogens with one attached hydrogen (secondary N) is 1. The third-order valence-electron chi connectivity index (χ3n) is 5.33. The predicted octanol–water partition coefficient (Wildman–Crippen LogP) is 2.68. The van der Waals surface area contributed by atoms with E-state index >= 15 is 0 Å². The lowest BCUT2D eigenvalue weighted by Gasteiger charge is -2.21. The second-order valence-corrected chi connectivity index (χ2v) is 7.16. The average molecular weight is 339 g/mol. The molecule has 0 fully saturated rings. The van der Waals surface area contributed by atoms with E-state index in [2.05, 4.69) is 16.3 Å². The average Bonchev–Trinajstić information content (AvgIpc) is 3.22. The number of hydrogen-bond donors (Lipinski definition) is 1. The summed E-state index contributed by atoms with van der Waals surface area (Å²) in [7, 11) is 1.87. The van der Waals surface area contributed by atoms with E-state index in [0.717, 1.165) is 37.1 Å². The summed E-state index contributed by atoms with van der Waals surface area (Å²) in [6.45, 7) is 0.631. The van der Waals surface area contributed by atoms with Crippen molar-refractivity contribution in [1.82, 2.24) is 15.1 Å². The van der Waals surface area contributed by atoms with Gasteiger partial charge in [0, 0.05) is 32.0 Å². The number of aryl methyl sites for hydroxylation is 2. The molecule has 0 bridgehead atoms. The molecule has 1 aromatic carbocycles. The molecule has 2 aliphatic rings. The topological polar surface area (TPSA) is 58.2 Å². The third kappa shape index (κ3) is 3.41. The number of amides is 1. The van der Waals surface area contributed by atoms with Crippen LogP contribution in [-0.2, 0) is 30.5 Å². The highest BCUT2D eigenvalue weighted by molar-refractivity contribution is 5.76. The van der Waals surface area contributed by atoms with E-state index in [4.69, 9.17) is 4.74 Å². The number of nitrogens with zero attached hydrogens (tertiary/aromatic N) is 2. The number of likely N-dealkylation sites (N-methyl/N-ethyl adjacent to an activating group) is 1. The SMILES string of the molecule is CN(CC1Cc2ccccc2O1)C(=O)CCc1n[nH]c2c1CCCC2. The van der Waals surface area contributed by atoms with Crippen molar-refractivity contribution in [2.75, 3.05) is 13.6 Å². The second kappa shape index (κ2) is 6.90. The number of H-pyrrole nitrogens is 1. The van der Waals surface area contributed by atoms with Crippen molar-refractivity contribution in [1.29, 1.82) is 0 Å². The molecule has 2 heterocycles. The van der Waals surface area contributed by atoms with E-state index in [1.807, 2.05) is 25.2 Å². The van der Waals surface area contributed by atoms with Gasteiger partial charge >= 0.3 is 0 Å². The normalized spacial score (nSPS) is 18.4. The van der Waals surface area contributed by atoms with Gasteiger partial charge in [0.05, 0.1) is 12.2 Å². The zero-order chi connectivity index (χ0) is 17.2. The van der Waals surface area contributed by atoms with Crippen LogP contribution in [0.15, 0.2) is 24.3 Å². The van der Waals surface area contributed by atoms with Gasteiger partial charge in [-0.1, -0.05) is 18.2 Å². The molecule has 2 aromatic rings. The molecule has 132 valence electrons. The number of hydrogen-bond acceptors (Lipinski definition) is 3. The number of para-hydroxylation sites is 1. The van der Waals surface area contributed by atoms with E-state index in [9.17, 15) is 4.79 Å². The number of aromatic amines is 1. The summed E-state index contributed by atoms with van der Waals surface area (Å²) in [5.41, 5.74) is 4.95. The van der Waals surface area contributed by atoms with E-state index < -0.39 is 0 Å². The van der Waals surface area contributed by atoms with Gasteiger partial charge in [-0.2, -0.15) is 5.10 Å². The molecule has 1 atom stereocenters. The number of aromatic nitrogens is 2. The Labute approximate surface area is 148 Å². The molecule has 5 heteroatoms. The van der Waals surface area contributed by atoms with Crippen LogP contribution in [0.25, 0.3) is 0 Å². The maximum atomic E-state index is 12.5. The van der Waals surface area contributed by atoms with Crippen LogP contribution in [0.2, 0.25) is 0 Å². The van der Waals surface area contributed by atoms with Gasteiger partial charge in [0.1, 0.15) is 11.9 Å². The van der Waals surface area contributed by atoms with E-state index in [-0.39, 0.29) is 12.0 Å². The first-order valence-corrected chi connectivity index (χ1v) is 9.24. The van der Waals surface area contributed by atoms with E-state index in [1.54, 1.807) is 4.90 Å². The molecule has 1 amide bonds. The van der Waals surface area contributed by atoms with Gasteiger partial charge in [-0.05, 0) is 42.9 Å². The maximum Gasteiger partial charge on any atom is 0.222 e. The highest BCUT2D eigenvalue weighted by Gasteiger charge is 2.25. The Balaban J connectivity index is 1.29. The van der Waals surface area contributed by atoms with Crippen molar-refractivity contribution in [2.24, 2.45) is 0 Å². The first-order valence-electron chi connectivity index (χ1n) is 9.24. The molecule has 0 spiro atoms. The number of fused-ring (bicyclic) bond motifs is 2. The Hall–Kier alpha value is -2.30. The van der Waals surface area contributed by atoms with Gasteiger partial charge in [-0.15, -0.1) is 0 Å². The number of carbonyl (C=O) groups excluding carboxylic acids is 1. The molecule has 5 nitrogen and oxygen atoms in total. The number of rotatable bonds is 5. The van der Waals surface area contributed by atoms with Gasteiger partial charge < -0.3 is 9.64 Å². The first-order chi connectivity index (χ1) is 12.2. The maximum absolute atomic E-state index is 12.5. The Kier molecular flexibility index (Phi) is 4.47. The number of benzene rings is 1. The lowest BCUT2D eigenvalue weighted by molar-refractivity contribution is -0.130. The van der Waals surface area contributed by atoms with Crippen molar-refractivity contribution in [3.8, 4) is 5.75 Å². The zero-order valence-electron chi connectivity index (χ0n) is 14.8. The molecular weight excluding hydrogens is 314 g/mol. The number of carbonyl (C=O) groups is 1. The summed E-state index contributed by atoms with van der Waals surface area (Å²) in [5.74, 6) is 1.11. The molecule has 25 heavy (non-hydrogen) atoms. The van der Waals surface area contributed by atoms with Gasteiger partial charge in [-0.3, -0.25) is 9.89 Å². The first kappa shape index (κ1) is 16.2. The molecule has 1 aromatic heterocycles. The molecule has 0 radical (unpaired) electrons. The number of ether oxygens (including phenoxy) is 1. The summed E-state index contributed by atoms with van der Waals surface area (Å²) < 4.78 is 5.94. The van der Waals surface area contributed by atoms with Gasteiger partial charge in [0.15, 0.2) is 0 Å². The summed E-state index contributed by atoms with van der Waals surface area (Å²) in [6.07, 6.45) is 6.82. The van der Waals surface area contributed by atoms with Crippen LogP contribution in [0.3, 0.4) is 0 Å². The molecule has 1 aliphatic heterocycles. The Bertz CT molecular complexity index is 743. The lowest BCUT2D eigenvalue weighted by atomic mass is 9.94. The quantitative estimate of drug-likeness (QED) is 0.911. The fourth-order valence-electron chi connectivity index (χ4n) is 3.94. The largest absolute Gasteiger partial charge is 0.488 e. The van der Waals surface area contributed by atoms with Gasteiger partial charge in [0.25, 0.3) is 0 Å². The Morgan fingerprint density at radius 2 is 2.16 bits per heavy atom. The minimum Gasteiger partial charge on any atom is -0.488 e. The zero-order valence-corrected chi connectivity index (χ0v) is 14.8. The minimum atomic E-state index is 0.0597. The Morgan fingerprint density at radius 1 is 1.32 bits per heavy atom. The molecule has 0 saturated heterocycles. The molecule has 1 N–H and O–H groups in total. The molecule has 1 unspecified atom stereocenters. The minimum absolute atomic E-state index is 0.0597. The van der Waals surface area contributed by atoms with Crippen LogP contribution < -0.4 is 4.74 Å². The van der Waals surface area contributed by atoms with Crippen LogP contribution in [0.5, 0.6) is 5.75 Å². The standard InChI is InChI=1S/C20H25N3O2/c1-23(13-15-12-14-6-2-5-9-19(14)25-15)20(24)11-10-18-16-7-3-4-8-17(16)21-22-18/h2,5-6,9,15H,3-4,7-8,10-13H2,1H3,(H,21,22). The van der Waals surface area contributed by atoms with Crippen LogP contribution in [-0.4, -0.2) is 40.7 Å². The van der Waals surface area contributed by atoms with E-state index in [1.165, 1.54) is 29.7 Å². The summed E-state index contributed by atoms with van der Waals surface area (Å²) >= 11 is 0. The fraction of sp³-hybridized carbons (Fsp3) is 0.500. The second-order valence-electron chi connectivity index (χ2n) is 7.16. The van der Waals surface area contributed by atoms with Crippen molar-refractivity contribution in [2.45, 2.75) is 51.0 Å². The summed E-state index contributed by atoms with van der Waals surface area (Å²) in [6, 6.07) is 8.11. The lowest BCUT2D eigenvalue weighted by Crippen LogP contribution is -2.36. The van der Waals surface area contributed by atoms with Crippen LogP contribution in [0, 0.1) is 0 Å². The predicted molar refractivity (Wildman–Crippen MR) is 95.7 cm³/mol. The van der Waals surface area contributed by atoms with Crippen LogP contribution >= 0.6 is 0 Å². The van der Waals surface area contributed by atoms with Gasteiger partial charge in [0.2, 0.25) is 5.91 Å². The van der Waals surface area contributed by atoms with Crippen molar-refractivity contribution >= 4 is 5.91 Å². The van der Waals surface area contributed by atoms with Crippen LogP contribution in [0.4, 0.5) is 0 Å². The van der Waals surface area contributed by atoms with Crippen molar-refractivity contribution in [3.63, 3.8) is 0 Å². The molecule has 4 rings (SSSR count). The van der Waals surface area contributed by atoms with E-state index in [0.29, 0.717) is 13.0 Å². The highest BCUT2D eigenvalue weighted by Crippen LogP contribution is 2.28. The van der Waals surface area contributed by atoms with Crippen molar-refractivity contribution < 1.29 is 9.53 Å². The third-order valence-corrected chi connectivity index (χ3v) is 5.33. The van der Waals surface area contributed by atoms with Crippen molar-refractivity contribution in [3.05, 3.63) is 46.8 Å². The smallest absolute Gasteiger partial charge is 0.222 e. The summed E-state index contributed by atoms with van der Waals surface area (Å²) in [4.78, 5) is 14.3. The monoisotopic (exact) mass is 339 g/mol. The fourth-order valence-corrected chi connectivity index (χ4v) is 3.94. The highest BCUT2D eigenvalue weighted by atomic mass is 16.5. The molecular formula is C20H25N3O2. The molecule has 0 saturated carbocycles. The van der Waals surface area contributed by atoms with Crippen LogP contribution in [0.1, 0.15) is 41.8 Å². The van der Waals surface area contributed by atoms with Gasteiger partial charge in [-0.25, -0.2) is 0 Å². The molecule has 1 aliphatic carbocycles. The summed E-state index contributed by atoms with van der Waals surface area (Å²) in [5, 5.41) is 7.59.